The van der Waals surface area contributed by atoms with E-state index in [0.29, 0.717) is 0 Å². The van der Waals surface area contributed by atoms with Crippen molar-refractivity contribution in [3.05, 3.63) is 32.7 Å². The average molecular weight is 362 g/mol. The van der Waals surface area contributed by atoms with Gasteiger partial charge in [-0.2, -0.15) is 0 Å². The summed E-state index contributed by atoms with van der Waals surface area (Å²) in [6.45, 7) is 0. The van der Waals surface area contributed by atoms with Gasteiger partial charge in [0.2, 0.25) is 0 Å². The SMILES string of the molecule is OC(CCC1CCCC1)c1cc(Br)ccc1Br. The van der Waals surface area contributed by atoms with Crippen LogP contribution in [0.5, 0.6) is 0 Å². The molecule has 1 aliphatic rings. The summed E-state index contributed by atoms with van der Waals surface area (Å²) in [6, 6.07) is 5.97. The van der Waals surface area contributed by atoms with E-state index >= 15 is 0 Å². The van der Waals surface area contributed by atoms with Gasteiger partial charge in [-0.15, -0.1) is 0 Å². The van der Waals surface area contributed by atoms with Crippen molar-refractivity contribution in [1.82, 2.24) is 0 Å². The summed E-state index contributed by atoms with van der Waals surface area (Å²) in [5, 5.41) is 10.2. The zero-order valence-corrected chi connectivity index (χ0v) is 13.0. The van der Waals surface area contributed by atoms with Gasteiger partial charge in [0.1, 0.15) is 0 Å². The summed E-state index contributed by atoms with van der Waals surface area (Å²) in [4.78, 5) is 0. The first-order valence-electron chi connectivity index (χ1n) is 6.30. The molecule has 0 spiro atoms. The molecule has 0 radical (unpaired) electrons. The Labute approximate surface area is 120 Å². The molecule has 0 amide bonds. The normalized spacial score (nSPS) is 18.5. The number of hydrogen-bond donors (Lipinski definition) is 1. The van der Waals surface area contributed by atoms with Gasteiger partial charge in [-0.1, -0.05) is 57.5 Å². The van der Waals surface area contributed by atoms with E-state index in [-0.39, 0.29) is 6.10 Å². The van der Waals surface area contributed by atoms with Gasteiger partial charge in [0, 0.05) is 8.95 Å². The summed E-state index contributed by atoms with van der Waals surface area (Å²) < 4.78 is 2.02. The van der Waals surface area contributed by atoms with Crippen LogP contribution < -0.4 is 0 Å². The fraction of sp³-hybridized carbons (Fsp3) is 0.571. The molecule has 1 aromatic rings. The second kappa shape index (κ2) is 6.35. The van der Waals surface area contributed by atoms with Crippen molar-refractivity contribution in [2.24, 2.45) is 5.92 Å². The van der Waals surface area contributed by atoms with E-state index in [0.717, 1.165) is 33.3 Å². The van der Waals surface area contributed by atoms with E-state index in [4.69, 9.17) is 0 Å². The lowest BCUT2D eigenvalue weighted by Crippen LogP contribution is -2.02. The van der Waals surface area contributed by atoms with Crippen LogP contribution in [0, 0.1) is 5.92 Å². The van der Waals surface area contributed by atoms with Gasteiger partial charge in [0.05, 0.1) is 6.10 Å². The predicted octanol–water partition coefficient (Wildman–Crippen LogP) is 5.22. The Morgan fingerprint density at radius 2 is 1.94 bits per heavy atom. The monoisotopic (exact) mass is 360 g/mol. The molecule has 1 N–H and O–H groups in total. The molecule has 1 unspecified atom stereocenters. The van der Waals surface area contributed by atoms with Crippen LogP contribution in [-0.4, -0.2) is 5.11 Å². The lowest BCUT2D eigenvalue weighted by atomic mass is 9.96. The molecule has 1 nitrogen and oxygen atoms in total. The van der Waals surface area contributed by atoms with E-state index in [1.54, 1.807) is 0 Å². The van der Waals surface area contributed by atoms with Crippen LogP contribution in [0.4, 0.5) is 0 Å². The third-order valence-corrected chi connectivity index (χ3v) is 4.86. The fourth-order valence-electron chi connectivity index (χ4n) is 2.62. The summed E-state index contributed by atoms with van der Waals surface area (Å²) in [7, 11) is 0. The van der Waals surface area contributed by atoms with Gasteiger partial charge in [-0.05, 0) is 42.5 Å². The number of halogens is 2. The van der Waals surface area contributed by atoms with E-state index in [1.807, 2.05) is 18.2 Å². The van der Waals surface area contributed by atoms with Gasteiger partial charge < -0.3 is 5.11 Å². The Morgan fingerprint density at radius 1 is 1.24 bits per heavy atom. The molecule has 1 aliphatic carbocycles. The van der Waals surface area contributed by atoms with Crippen molar-refractivity contribution in [2.45, 2.75) is 44.6 Å². The van der Waals surface area contributed by atoms with Crippen molar-refractivity contribution in [2.75, 3.05) is 0 Å². The van der Waals surface area contributed by atoms with Crippen molar-refractivity contribution >= 4 is 31.9 Å². The third-order valence-electron chi connectivity index (χ3n) is 3.64. The lowest BCUT2D eigenvalue weighted by Gasteiger charge is -2.15. The highest BCUT2D eigenvalue weighted by molar-refractivity contribution is 9.11. The third kappa shape index (κ3) is 3.80. The fourth-order valence-corrected chi connectivity index (χ4v) is 3.51. The molecule has 0 bridgehead atoms. The lowest BCUT2D eigenvalue weighted by molar-refractivity contribution is 0.156. The van der Waals surface area contributed by atoms with Gasteiger partial charge >= 0.3 is 0 Å². The quantitative estimate of drug-likeness (QED) is 0.779. The zero-order chi connectivity index (χ0) is 12.3. The summed E-state index contributed by atoms with van der Waals surface area (Å²) in [5.74, 6) is 0.843. The largest absolute Gasteiger partial charge is 0.388 e. The molecule has 1 saturated carbocycles. The van der Waals surface area contributed by atoms with Crippen molar-refractivity contribution in [1.29, 1.82) is 0 Å². The van der Waals surface area contributed by atoms with Gasteiger partial charge in [-0.3, -0.25) is 0 Å². The second-order valence-electron chi connectivity index (χ2n) is 4.91. The van der Waals surface area contributed by atoms with Crippen molar-refractivity contribution < 1.29 is 5.11 Å². The van der Waals surface area contributed by atoms with Crippen LogP contribution in [0.2, 0.25) is 0 Å². The van der Waals surface area contributed by atoms with Gasteiger partial charge in [-0.25, -0.2) is 0 Å². The molecule has 17 heavy (non-hydrogen) atoms. The van der Waals surface area contributed by atoms with Crippen LogP contribution in [0.15, 0.2) is 27.1 Å². The van der Waals surface area contributed by atoms with E-state index in [9.17, 15) is 5.11 Å². The van der Waals surface area contributed by atoms with Crippen molar-refractivity contribution in [3.8, 4) is 0 Å². The van der Waals surface area contributed by atoms with E-state index < -0.39 is 0 Å². The van der Waals surface area contributed by atoms with Crippen LogP contribution in [-0.2, 0) is 0 Å². The first kappa shape index (κ1) is 13.6. The zero-order valence-electron chi connectivity index (χ0n) is 9.83. The van der Waals surface area contributed by atoms with E-state index in [2.05, 4.69) is 31.9 Å². The molecule has 0 heterocycles. The molecular formula is C14H18Br2O. The highest BCUT2D eigenvalue weighted by atomic mass is 79.9. The van der Waals surface area contributed by atoms with Crippen molar-refractivity contribution in [3.63, 3.8) is 0 Å². The number of rotatable bonds is 4. The highest BCUT2D eigenvalue weighted by Crippen LogP contribution is 2.34. The van der Waals surface area contributed by atoms with Crippen LogP contribution >= 0.6 is 31.9 Å². The number of aliphatic hydroxyl groups excluding tert-OH is 1. The summed E-state index contributed by atoms with van der Waals surface area (Å²) in [6.07, 6.45) is 7.14. The Kier molecular flexibility index (Phi) is 5.07. The van der Waals surface area contributed by atoms with Crippen LogP contribution in [0.1, 0.15) is 50.2 Å². The first-order chi connectivity index (χ1) is 8.16. The number of hydrogen-bond acceptors (Lipinski definition) is 1. The maximum Gasteiger partial charge on any atom is 0.0801 e. The molecule has 0 aromatic heterocycles. The molecular weight excluding hydrogens is 344 g/mol. The molecule has 0 aliphatic heterocycles. The molecule has 3 heteroatoms. The second-order valence-corrected chi connectivity index (χ2v) is 6.68. The molecule has 2 rings (SSSR count). The minimum absolute atomic E-state index is 0.345. The van der Waals surface area contributed by atoms with Crippen LogP contribution in [0.3, 0.4) is 0 Å². The first-order valence-corrected chi connectivity index (χ1v) is 7.88. The maximum absolute atomic E-state index is 10.2. The summed E-state index contributed by atoms with van der Waals surface area (Å²) in [5.41, 5.74) is 0.998. The number of aliphatic hydroxyl groups is 1. The average Bonchev–Trinajstić information content (AvgIpc) is 2.82. The molecule has 0 saturated heterocycles. The van der Waals surface area contributed by atoms with Gasteiger partial charge in [0.15, 0.2) is 0 Å². The standard InChI is InChI=1S/C14H18Br2O/c15-11-6-7-13(16)12(9-11)14(17)8-5-10-3-1-2-4-10/h6-7,9-10,14,17H,1-5,8H2. The molecule has 94 valence electrons. The van der Waals surface area contributed by atoms with E-state index in [1.165, 1.54) is 25.7 Å². The summed E-state index contributed by atoms with van der Waals surface area (Å²) >= 11 is 6.95. The molecule has 1 fully saturated rings. The number of benzene rings is 1. The Bertz CT molecular complexity index is 372. The molecule has 1 atom stereocenters. The minimum atomic E-state index is -0.345. The smallest absolute Gasteiger partial charge is 0.0801 e. The Balaban J connectivity index is 1.93. The van der Waals surface area contributed by atoms with Crippen LogP contribution in [0.25, 0.3) is 0 Å². The predicted molar refractivity (Wildman–Crippen MR) is 78.0 cm³/mol. The topological polar surface area (TPSA) is 20.2 Å². The Hall–Kier alpha value is 0.140. The maximum atomic E-state index is 10.2. The Morgan fingerprint density at radius 3 is 2.65 bits per heavy atom. The van der Waals surface area contributed by atoms with Gasteiger partial charge in [0.25, 0.3) is 0 Å². The minimum Gasteiger partial charge on any atom is -0.388 e. The highest BCUT2D eigenvalue weighted by Gasteiger charge is 2.18. The molecule has 1 aromatic carbocycles.